The maximum absolute atomic E-state index is 4.37. The van der Waals surface area contributed by atoms with Crippen LogP contribution in [0, 0.1) is 0 Å². The SMILES string of the molecule is C=Cc1c(/C=c2\c(=C)c3ccccc3n2C)c(/C=C\C)c(/C=C\C)n1BC. The molecule has 2 heterocycles. The lowest BCUT2D eigenvalue weighted by Crippen LogP contribution is -2.26. The van der Waals surface area contributed by atoms with Crippen molar-refractivity contribution in [1.29, 1.82) is 0 Å². The quantitative estimate of drug-likeness (QED) is 0.609. The maximum atomic E-state index is 4.37. The van der Waals surface area contributed by atoms with Crippen LogP contribution in [0.1, 0.15) is 36.4 Å². The molecule has 0 atom stereocenters. The molecule has 0 aliphatic heterocycles. The number of hydrogen-bond acceptors (Lipinski definition) is 0. The highest BCUT2D eigenvalue weighted by Crippen LogP contribution is 2.27. The van der Waals surface area contributed by atoms with E-state index in [4.69, 9.17) is 0 Å². The molecule has 0 bridgehead atoms. The average molecular weight is 354 g/mol. The number of aromatic nitrogens is 2. The molecular formula is C24H27BN2. The van der Waals surface area contributed by atoms with Crippen LogP contribution < -0.4 is 10.6 Å². The summed E-state index contributed by atoms with van der Waals surface area (Å²) < 4.78 is 4.54. The zero-order valence-corrected chi connectivity index (χ0v) is 16.8. The first-order valence-electron chi connectivity index (χ1n) is 9.47. The Labute approximate surface area is 162 Å². The summed E-state index contributed by atoms with van der Waals surface area (Å²) in [5, 5.41) is 3.39. The molecule has 3 rings (SSSR count). The number of hydrogen-bond donors (Lipinski definition) is 0. The van der Waals surface area contributed by atoms with Crippen LogP contribution in [-0.4, -0.2) is 16.5 Å². The van der Waals surface area contributed by atoms with Gasteiger partial charge in [-0.3, -0.25) is 0 Å². The third kappa shape index (κ3) is 3.04. The van der Waals surface area contributed by atoms with Gasteiger partial charge in [0.25, 0.3) is 0 Å². The van der Waals surface area contributed by atoms with Gasteiger partial charge in [-0.05, 0) is 38.1 Å². The highest BCUT2D eigenvalue weighted by molar-refractivity contribution is 6.33. The number of rotatable bonds is 5. The first kappa shape index (κ1) is 18.8. The van der Waals surface area contributed by atoms with Crippen molar-refractivity contribution in [3.8, 4) is 0 Å². The molecule has 0 saturated carbocycles. The van der Waals surface area contributed by atoms with E-state index in [0.29, 0.717) is 0 Å². The summed E-state index contributed by atoms with van der Waals surface area (Å²) in [6, 6.07) is 8.42. The van der Waals surface area contributed by atoms with Crippen molar-refractivity contribution in [1.82, 2.24) is 9.05 Å². The Hall–Kier alpha value is -2.94. The molecule has 2 aromatic heterocycles. The third-order valence-corrected chi connectivity index (χ3v) is 5.13. The maximum Gasteiger partial charge on any atom is 0.239 e. The molecule has 3 aromatic rings. The molecule has 136 valence electrons. The zero-order chi connectivity index (χ0) is 19.6. The monoisotopic (exact) mass is 354 g/mol. The van der Waals surface area contributed by atoms with Gasteiger partial charge in [-0.1, -0.05) is 56.4 Å². The van der Waals surface area contributed by atoms with Crippen LogP contribution >= 0.6 is 0 Å². The first-order valence-corrected chi connectivity index (χ1v) is 9.47. The molecule has 0 spiro atoms. The second-order valence-corrected chi connectivity index (χ2v) is 6.63. The van der Waals surface area contributed by atoms with Crippen LogP contribution in [-0.2, 0) is 7.05 Å². The van der Waals surface area contributed by atoms with Gasteiger partial charge in [-0.25, -0.2) is 0 Å². The number of fused-ring (bicyclic) bond motifs is 1. The van der Waals surface area contributed by atoms with E-state index in [0.717, 1.165) is 23.7 Å². The lowest BCUT2D eigenvalue weighted by molar-refractivity contribution is 0.925. The van der Waals surface area contributed by atoms with Crippen molar-refractivity contribution in [2.75, 3.05) is 0 Å². The smallest absolute Gasteiger partial charge is 0.239 e. The van der Waals surface area contributed by atoms with Crippen molar-refractivity contribution in [3.05, 3.63) is 76.1 Å². The van der Waals surface area contributed by atoms with E-state index in [9.17, 15) is 0 Å². The molecule has 3 heteroatoms. The minimum Gasteiger partial charge on any atom is -0.389 e. The van der Waals surface area contributed by atoms with E-state index in [2.05, 4.69) is 105 Å². The fourth-order valence-electron chi connectivity index (χ4n) is 3.90. The van der Waals surface area contributed by atoms with E-state index >= 15 is 0 Å². The molecule has 0 N–H and O–H groups in total. The Morgan fingerprint density at radius 1 is 1.00 bits per heavy atom. The molecule has 0 radical (unpaired) electrons. The number of benzene rings is 1. The molecule has 0 aliphatic rings. The molecule has 0 unspecified atom stereocenters. The molecular weight excluding hydrogens is 327 g/mol. The summed E-state index contributed by atoms with van der Waals surface area (Å²) >= 11 is 0. The summed E-state index contributed by atoms with van der Waals surface area (Å²) in [4.78, 5) is 0. The molecule has 0 aliphatic carbocycles. The zero-order valence-electron chi connectivity index (χ0n) is 16.8. The summed E-state index contributed by atoms with van der Waals surface area (Å²) in [5.41, 5.74) is 5.96. The van der Waals surface area contributed by atoms with Crippen LogP contribution in [0.2, 0.25) is 6.82 Å². The van der Waals surface area contributed by atoms with Crippen molar-refractivity contribution in [2.24, 2.45) is 7.05 Å². The van der Waals surface area contributed by atoms with E-state index < -0.39 is 0 Å². The van der Waals surface area contributed by atoms with Crippen LogP contribution in [0.25, 0.3) is 41.8 Å². The fourth-order valence-corrected chi connectivity index (χ4v) is 3.90. The van der Waals surface area contributed by atoms with Gasteiger partial charge in [0.1, 0.15) is 0 Å². The minimum absolute atomic E-state index is 0.895. The van der Waals surface area contributed by atoms with Crippen LogP contribution in [0.4, 0.5) is 0 Å². The topological polar surface area (TPSA) is 9.86 Å². The van der Waals surface area contributed by atoms with Gasteiger partial charge < -0.3 is 9.05 Å². The van der Waals surface area contributed by atoms with Crippen LogP contribution in [0.3, 0.4) is 0 Å². The van der Waals surface area contributed by atoms with Crippen LogP contribution in [0.15, 0.2) is 43.0 Å². The summed E-state index contributed by atoms with van der Waals surface area (Å²) in [6.45, 7) is 14.7. The predicted octanol–water partition coefficient (Wildman–Crippen LogP) is 4.18. The second-order valence-electron chi connectivity index (χ2n) is 6.63. The second kappa shape index (κ2) is 7.75. The minimum atomic E-state index is 0.895. The Bertz CT molecular complexity index is 1170. The third-order valence-electron chi connectivity index (χ3n) is 5.13. The Morgan fingerprint density at radius 2 is 1.70 bits per heavy atom. The fraction of sp³-hybridized carbons (Fsp3) is 0.167. The van der Waals surface area contributed by atoms with Crippen LogP contribution in [0.5, 0.6) is 0 Å². The molecule has 0 fully saturated rings. The lowest BCUT2D eigenvalue weighted by atomic mass is 9.98. The Morgan fingerprint density at radius 3 is 2.30 bits per heavy atom. The number of para-hydroxylation sites is 1. The molecule has 0 amide bonds. The van der Waals surface area contributed by atoms with E-state index in [1.807, 2.05) is 6.08 Å². The highest BCUT2D eigenvalue weighted by Gasteiger charge is 2.16. The van der Waals surface area contributed by atoms with E-state index in [1.54, 1.807) is 0 Å². The molecule has 0 saturated heterocycles. The van der Waals surface area contributed by atoms with Crippen molar-refractivity contribution < 1.29 is 0 Å². The summed E-state index contributed by atoms with van der Waals surface area (Å²) in [5.74, 6) is 0. The van der Waals surface area contributed by atoms with Gasteiger partial charge in [0, 0.05) is 51.0 Å². The van der Waals surface area contributed by atoms with Gasteiger partial charge >= 0.3 is 0 Å². The molecule has 27 heavy (non-hydrogen) atoms. The molecule has 1 aromatic carbocycles. The average Bonchev–Trinajstić information content (AvgIpc) is 3.10. The standard InChI is InChI=1S/C24H27BN2/c1-7-12-19-20(21(9-3)27(25-5)23(19)13-8-2)16-24-17(4)18-14-10-11-15-22(18)26(24)6/h7-16,25H,3-4H2,1-2,5-6H3/b12-7-,13-8-,24-16+. The van der Waals surface area contributed by atoms with Gasteiger partial charge in [0.05, 0.1) is 0 Å². The van der Waals surface area contributed by atoms with Crippen molar-refractivity contribution in [3.63, 3.8) is 0 Å². The lowest BCUT2D eigenvalue weighted by Gasteiger charge is -2.05. The molecule has 2 nitrogen and oxygen atoms in total. The first-order chi connectivity index (χ1) is 13.1. The van der Waals surface area contributed by atoms with Crippen molar-refractivity contribution in [2.45, 2.75) is 20.7 Å². The van der Waals surface area contributed by atoms with Gasteiger partial charge in [0.2, 0.25) is 7.41 Å². The van der Waals surface area contributed by atoms with E-state index in [-0.39, 0.29) is 0 Å². The highest BCUT2D eigenvalue weighted by atomic mass is 14.9. The summed E-state index contributed by atoms with van der Waals surface area (Å²) in [7, 11) is 3.00. The predicted molar refractivity (Wildman–Crippen MR) is 124 cm³/mol. The van der Waals surface area contributed by atoms with Crippen molar-refractivity contribution >= 4 is 49.2 Å². The van der Waals surface area contributed by atoms with E-state index in [1.165, 1.54) is 27.7 Å². The normalized spacial score (nSPS) is 12.7. The van der Waals surface area contributed by atoms with Gasteiger partial charge in [-0.2, -0.15) is 0 Å². The number of allylic oxidation sites excluding steroid dienone is 2. The largest absolute Gasteiger partial charge is 0.389 e. The number of aryl methyl sites for hydroxylation is 1. The van der Waals surface area contributed by atoms with Gasteiger partial charge in [0.15, 0.2) is 0 Å². The van der Waals surface area contributed by atoms with Gasteiger partial charge in [-0.15, -0.1) is 0 Å². The number of nitrogens with zero attached hydrogens (tertiary/aromatic N) is 2. The Balaban J connectivity index is 2.47. The Kier molecular flexibility index (Phi) is 5.41. The summed E-state index contributed by atoms with van der Waals surface area (Å²) in [6.07, 6.45) is 12.8.